The molecule has 0 aliphatic rings. The summed E-state index contributed by atoms with van der Waals surface area (Å²) in [5.41, 5.74) is 1.37. The van der Waals surface area contributed by atoms with Gasteiger partial charge in [0.2, 0.25) is 5.43 Å². The van der Waals surface area contributed by atoms with Gasteiger partial charge in [0.1, 0.15) is 22.5 Å². The van der Waals surface area contributed by atoms with Gasteiger partial charge in [-0.3, -0.25) is 4.79 Å². The normalized spacial score (nSPS) is 11.0. The van der Waals surface area contributed by atoms with Crippen molar-refractivity contribution in [3.8, 4) is 27.5 Å². The number of halogens is 2. The molecule has 26 heavy (non-hydrogen) atoms. The van der Waals surface area contributed by atoms with Gasteiger partial charge >= 0.3 is 0 Å². The van der Waals surface area contributed by atoms with Crippen LogP contribution in [0.4, 0.5) is 0 Å². The van der Waals surface area contributed by atoms with Gasteiger partial charge < -0.3 is 9.15 Å². The van der Waals surface area contributed by atoms with Gasteiger partial charge in [-0.15, -0.1) is 11.3 Å². The van der Waals surface area contributed by atoms with Crippen molar-refractivity contribution in [3.63, 3.8) is 0 Å². The number of benzene rings is 2. The average molecular weight is 404 g/mol. The molecule has 130 valence electrons. The number of aromatic nitrogens is 1. The molecule has 7 heteroatoms. The summed E-state index contributed by atoms with van der Waals surface area (Å²) in [5.74, 6) is 0.892. The first-order chi connectivity index (χ1) is 12.6. The second kappa shape index (κ2) is 6.76. The van der Waals surface area contributed by atoms with Crippen LogP contribution in [0.2, 0.25) is 9.49 Å². The highest BCUT2D eigenvalue weighted by Crippen LogP contribution is 2.38. The van der Waals surface area contributed by atoms with Crippen LogP contribution in [0.3, 0.4) is 0 Å². The van der Waals surface area contributed by atoms with Crippen LogP contribution in [0.1, 0.15) is 0 Å². The highest BCUT2D eigenvalue weighted by molar-refractivity contribution is 7.18. The Morgan fingerprint density at radius 1 is 1.12 bits per heavy atom. The maximum absolute atomic E-state index is 13.3. The highest BCUT2D eigenvalue weighted by Gasteiger charge is 2.21. The molecule has 0 atom stereocenters. The number of ether oxygens (including phenoxy) is 1. The van der Waals surface area contributed by atoms with E-state index in [1.807, 2.05) is 0 Å². The third kappa shape index (κ3) is 2.88. The summed E-state index contributed by atoms with van der Waals surface area (Å²) in [6.45, 7) is 0. The zero-order valence-electron chi connectivity index (χ0n) is 13.5. The summed E-state index contributed by atoms with van der Waals surface area (Å²) in [6, 6.07) is 12.3. The van der Waals surface area contributed by atoms with E-state index in [0.29, 0.717) is 42.4 Å². The number of fused-ring (bicyclic) bond motifs is 1. The van der Waals surface area contributed by atoms with Crippen molar-refractivity contribution in [2.24, 2.45) is 0 Å². The lowest BCUT2D eigenvalue weighted by Crippen LogP contribution is -2.08. The van der Waals surface area contributed by atoms with Crippen molar-refractivity contribution >= 4 is 45.5 Å². The van der Waals surface area contributed by atoms with Gasteiger partial charge in [0.15, 0.2) is 4.47 Å². The fourth-order valence-corrected chi connectivity index (χ4v) is 3.88. The summed E-state index contributed by atoms with van der Waals surface area (Å²) in [6.07, 6.45) is 1.57. The molecule has 2 aromatic carbocycles. The Bertz CT molecular complexity index is 1170. The van der Waals surface area contributed by atoms with Crippen molar-refractivity contribution in [2.75, 3.05) is 7.11 Å². The Morgan fingerprint density at radius 2 is 1.88 bits per heavy atom. The molecular formula is C19H11Cl2NO3S. The predicted octanol–water partition coefficient (Wildman–Crippen LogP) is 5.90. The smallest absolute Gasteiger partial charge is 0.205 e. The topological polar surface area (TPSA) is 52.3 Å². The van der Waals surface area contributed by atoms with Crippen molar-refractivity contribution in [2.45, 2.75) is 0 Å². The highest BCUT2D eigenvalue weighted by atomic mass is 35.5. The van der Waals surface area contributed by atoms with E-state index in [0.717, 1.165) is 5.56 Å². The summed E-state index contributed by atoms with van der Waals surface area (Å²) < 4.78 is 11.8. The third-order valence-corrected chi connectivity index (χ3v) is 5.32. The summed E-state index contributed by atoms with van der Waals surface area (Å²) in [4.78, 5) is 18.0. The lowest BCUT2D eigenvalue weighted by molar-refractivity contribution is 0.419. The summed E-state index contributed by atoms with van der Waals surface area (Å²) in [5, 5.41) is 0.980. The Labute approximate surface area is 162 Å². The van der Waals surface area contributed by atoms with Crippen LogP contribution in [-0.2, 0) is 0 Å². The minimum absolute atomic E-state index is 0.200. The summed E-state index contributed by atoms with van der Waals surface area (Å²) in [7, 11) is 1.52. The zero-order valence-corrected chi connectivity index (χ0v) is 15.8. The largest absolute Gasteiger partial charge is 0.496 e. The van der Waals surface area contributed by atoms with Gasteiger partial charge in [0, 0.05) is 16.8 Å². The molecule has 0 spiro atoms. The molecule has 0 radical (unpaired) electrons. The fraction of sp³-hybridized carbons (Fsp3) is 0.0526. The molecule has 2 heterocycles. The average Bonchev–Trinajstić information content (AvgIpc) is 3.07. The fourth-order valence-electron chi connectivity index (χ4n) is 2.78. The number of thiazole rings is 1. The summed E-state index contributed by atoms with van der Waals surface area (Å²) >= 11 is 13.2. The molecule has 4 aromatic rings. The molecular weight excluding hydrogens is 393 g/mol. The molecule has 4 nitrogen and oxygen atoms in total. The Balaban J connectivity index is 2.13. The monoisotopic (exact) mass is 403 g/mol. The van der Waals surface area contributed by atoms with E-state index in [9.17, 15) is 4.79 Å². The maximum Gasteiger partial charge on any atom is 0.205 e. The molecule has 0 aliphatic carbocycles. The number of hydrogen-bond donors (Lipinski definition) is 0. The molecule has 0 aliphatic heterocycles. The van der Waals surface area contributed by atoms with Crippen LogP contribution in [-0.4, -0.2) is 12.1 Å². The second-order valence-corrected chi connectivity index (χ2v) is 7.50. The Morgan fingerprint density at radius 3 is 2.54 bits per heavy atom. The molecule has 0 bridgehead atoms. The van der Waals surface area contributed by atoms with Crippen molar-refractivity contribution in [3.05, 3.63) is 68.4 Å². The third-order valence-electron chi connectivity index (χ3n) is 3.93. The minimum atomic E-state index is -0.200. The van der Waals surface area contributed by atoms with Gasteiger partial charge in [-0.2, -0.15) is 0 Å². The van der Waals surface area contributed by atoms with Gasteiger partial charge in [-0.05, 0) is 36.4 Å². The molecule has 0 saturated heterocycles. The van der Waals surface area contributed by atoms with Crippen molar-refractivity contribution in [1.82, 2.24) is 4.98 Å². The van der Waals surface area contributed by atoms with Crippen LogP contribution < -0.4 is 10.2 Å². The lowest BCUT2D eigenvalue weighted by atomic mass is 10.0. The van der Waals surface area contributed by atoms with E-state index in [1.54, 1.807) is 48.7 Å². The molecule has 0 fully saturated rings. The molecule has 0 saturated carbocycles. The predicted molar refractivity (Wildman–Crippen MR) is 106 cm³/mol. The van der Waals surface area contributed by atoms with Crippen LogP contribution in [0.5, 0.6) is 5.75 Å². The van der Waals surface area contributed by atoms with Gasteiger partial charge in [-0.1, -0.05) is 29.3 Å². The van der Waals surface area contributed by atoms with Crippen molar-refractivity contribution < 1.29 is 9.15 Å². The molecule has 4 rings (SSSR count). The van der Waals surface area contributed by atoms with Crippen LogP contribution in [0.25, 0.3) is 32.7 Å². The number of nitrogens with zero attached hydrogens (tertiary/aromatic N) is 1. The molecule has 0 N–H and O–H groups in total. The first kappa shape index (κ1) is 17.1. The van der Waals surface area contributed by atoms with Gasteiger partial charge in [0.25, 0.3) is 0 Å². The van der Waals surface area contributed by atoms with E-state index in [-0.39, 0.29) is 5.43 Å². The minimum Gasteiger partial charge on any atom is -0.496 e. The first-order valence-corrected chi connectivity index (χ1v) is 9.17. The first-order valence-electron chi connectivity index (χ1n) is 7.60. The molecule has 2 aromatic heterocycles. The SMILES string of the molecule is COc1cccc2oc(-c3ccc(Cl)cc3)c(-c3cnc(Cl)s3)c(=O)c12. The van der Waals surface area contributed by atoms with E-state index in [2.05, 4.69) is 4.98 Å². The Kier molecular flexibility index (Phi) is 4.44. The van der Waals surface area contributed by atoms with E-state index >= 15 is 0 Å². The number of methoxy groups -OCH3 is 1. The lowest BCUT2D eigenvalue weighted by Gasteiger charge is -2.11. The van der Waals surface area contributed by atoms with E-state index in [4.69, 9.17) is 32.4 Å². The quantitative estimate of drug-likeness (QED) is 0.427. The number of hydrogen-bond acceptors (Lipinski definition) is 5. The Hall–Kier alpha value is -2.34. The van der Waals surface area contributed by atoms with Crippen molar-refractivity contribution in [1.29, 1.82) is 0 Å². The molecule has 0 unspecified atom stereocenters. The van der Waals surface area contributed by atoms with E-state index < -0.39 is 0 Å². The van der Waals surface area contributed by atoms with Gasteiger partial charge in [-0.25, -0.2) is 4.98 Å². The number of rotatable bonds is 3. The van der Waals surface area contributed by atoms with Crippen LogP contribution >= 0.6 is 34.5 Å². The van der Waals surface area contributed by atoms with E-state index in [1.165, 1.54) is 18.4 Å². The second-order valence-electron chi connectivity index (χ2n) is 5.45. The van der Waals surface area contributed by atoms with Crippen LogP contribution in [0.15, 0.2) is 57.9 Å². The van der Waals surface area contributed by atoms with Crippen LogP contribution in [0, 0.1) is 0 Å². The maximum atomic E-state index is 13.3. The standard InChI is InChI=1S/C19H11Cl2NO3S/c1-24-12-3-2-4-13-15(12)17(23)16(14-9-22-19(21)26-14)18(25-13)10-5-7-11(20)8-6-10/h2-9H,1H3. The zero-order chi connectivity index (χ0) is 18.3. The van der Waals surface area contributed by atoms with Gasteiger partial charge in [0.05, 0.1) is 17.6 Å². The molecule has 0 amide bonds.